The zero-order valence-electron chi connectivity index (χ0n) is 16.2. The Morgan fingerprint density at radius 3 is 2.57 bits per heavy atom. The van der Waals surface area contributed by atoms with Crippen molar-refractivity contribution in [2.75, 3.05) is 4.90 Å². The van der Waals surface area contributed by atoms with E-state index in [-0.39, 0.29) is 30.7 Å². The number of thiophene rings is 1. The first-order valence-electron chi connectivity index (χ1n) is 9.46. The van der Waals surface area contributed by atoms with E-state index in [4.69, 9.17) is 0 Å². The lowest BCUT2D eigenvalue weighted by Crippen LogP contribution is -2.45. The second kappa shape index (κ2) is 8.53. The summed E-state index contributed by atoms with van der Waals surface area (Å²) < 4.78 is 0.857. The quantitative estimate of drug-likeness (QED) is 0.491. The van der Waals surface area contributed by atoms with Crippen LogP contribution in [-0.2, 0) is 16.1 Å². The van der Waals surface area contributed by atoms with E-state index in [2.05, 4.69) is 15.9 Å². The maximum absolute atomic E-state index is 13.4. The van der Waals surface area contributed by atoms with E-state index < -0.39 is 6.04 Å². The molecule has 30 heavy (non-hydrogen) atoms. The van der Waals surface area contributed by atoms with Gasteiger partial charge in [-0.05, 0) is 54.8 Å². The minimum atomic E-state index is -0.837. The second-order valence-corrected chi connectivity index (χ2v) is 9.09. The van der Waals surface area contributed by atoms with Crippen molar-refractivity contribution in [1.29, 1.82) is 0 Å². The van der Waals surface area contributed by atoms with Crippen LogP contribution in [0.2, 0.25) is 0 Å². The summed E-state index contributed by atoms with van der Waals surface area (Å²) in [7, 11) is 0. The van der Waals surface area contributed by atoms with Gasteiger partial charge < -0.3 is 4.90 Å². The van der Waals surface area contributed by atoms with Crippen LogP contribution in [0.4, 0.5) is 5.69 Å². The van der Waals surface area contributed by atoms with Crippen molar-refractivity contribution in [3.05, 3.63) is 86.5 Å². The maximum atomic E-state index is 13.4. The molecule has 3 aromatic rings. The van der Waals surface area contributed by atoms with E-state index in [9.17, 15) is 14.4 Å². The van der Waals surface area contributed by atoms with Crippen LogP contribution in [0.1, 0.15) is 27.2 Å². The molecule has 2 aromatic carbocycles. The highest BCUT2D eigenvalue weighted by Gasteiger charge is 2.44. The van der Waals surface area contributed by atoms with Crippen LogP contribution in [0.3, 0.4) is 0 Å². The Hall–Kier alpha value is -2.77. The molecule has 4 rings (SSSR count). The first-order chi connectivity index (χ1) is 14.4. The van der Waals surface area contributed by atoms with Crippen LogP contribution < -0.4 is 4.90 Å². The largest absolute Gasteiger partial charge is 0.321 e. The predicted molar refractivity (Wildman–Crippen MR) is 120 cm³/mol. The van der Waals surface area contributed by atoms with E-state index in [1.165, 1.54) is 21.1 Å². The smallest absolute Gasteiger partial charge is 0.257 e. The summed E-state index contributed by atoms with van der Waals surface area (Å²) in [6, 6.07) is 17.3. The summed E-state index contributed by atoms with van der Waals surface area (Å²) in [5.41, 5.74) is 1.98. The summed E-state index contributed by atoms with van der Waals surface area (Å²) in [5, 5.41) is 1.93. The molecule has 3 amide bonds. The van der Waals surface area contributed by atoms with Crippen LogP contribution in [0, 0.1) is 6.92 Å². The summed E-state index contributed by atoms with van der Waals surface area (Å²) in [6.45, 7) is 2.20. The highest BCUT2D eigenvalue weighted by Crippen LogP contribution is 2.29. The number of carbonyl (C=O) groups excluding carboxylic acids is 3. The standard InChI is InChI=1S/C23H19BrN2O3S/c1-15-4-2-5-16(12-15)22(28)25(14-19-6-3-11-30-19)20-13-21(27)26(23(20)29)18-9-7-17(24)8-10-18/h2-12,20H,13-14H2,1H3. The van der Waals surface area contributed by atoms with Crippen molar-refractivity contribution >= 4 is 50.7 Å². The number of amides is 3. The molecule has 5 nitrogen and oxygen atoms in total. The molecule has 1 aliphatic rings. The summed E-state index contributed by atoms with van der Waals surface area (Å²) >= 11 is 4.88. The van der Waals surface area contributed by atoms with Crippen LogP contribution in [0.25, 0.3) is 0 Å². The van der Waals surface area contributed by atoms with Gasteiger partial charge in [0.05, 0.1) is 18.7 Å². The molecule has 0 saturated carbocycles. The van der Waals surface area contributed by atoms with Crippen molar-refractivity contribution in [2.24, 2.45) is 0 Å². The third kappa shape index (κ3) is 4.08. The fourth-order valence-electron chi connectivity index (χ4n) is 3.56. The highest BCUT2D eigenvalue weighted by atomic mass is 79.9. The molecule has 0 radical (unpaired) electrons. The van der Waals surface area contributed by atoms with Gasteiger partial charge in [-0.1, -0.05) is 39.7 Å². The van der Waals surface area contributed by atoms with E-state index >= 15 is 0 Å². The monoisotopic (exact) mass is 482 g/mol. The fourth-order valence-corrected chi connectivity index (χ4v) is 4.53. The molecule has 2 heterocycles. The lowest BCUT2D eigenvalue weighted by molar-refractivity contribution is -0.122. The van der Waals surface area contributed by atoms with E-state index in [0.717, 1.165) is 14.9 Å². The Balaban J connectivity index is 1.68. The zero-order chi connectivity index (χ0) is 21.3. The van der Waals surface area contributed by atoms with Crippen molar-refractivity contribution in [1.82, 2.24) is 4.90 Å². The average molecular weight is 483 g/mol. The highest BCUT2D eigenvalue weighted by molar-refractivity contribution is 9.10. The Bertz CT molecular complexity index is 1100. The van der Waals surface area contributed by atoms with Crippen molar-refractivity contribution in [3.8, 4) is 0 Å². The van der Waals surface area contributed by atoms with Gasteiger partial charge in [0, 0.05) is 14.9 Å². The van der Waals surface area contributed by atoms with E-state index in [1.807, 2.05) is 36.6 Å². The molecule has 152 valence electrons. The minimum Gasteiger partial charge on any atom is -0.321 e. The first kappa shape index (κ1) is 20.5. The van der Waals surface area contributed by atoms with Crippen LogP contribution >= 0.6 is 27.3 Å². The topological polar surface area (TPSA) is 57.7 Å². The lowest BCUT2D eigenvalue weighted by Gasteiger charge is -2.27. The van der Waals surface area contributed by atoms with Crippen molar-refractivity contribution in [2.45, 2.75) is 25.9 Å². The number of nitrogens with zero attached hydrogens (tertiary/aromatic N) is 2. The van der Waals surface area contributed by atoms with Crippen LogP contribution in [-0.4, -0.2) is 28.7 Å². The molecule has 7 heteroatoms. The Morgan fingerprint density at radius 1 is 1.13 bits per heavy atom. The SMILES string of the molecule is Cc1cccc(C(=O)N(Cc2cccs2)C2CC(=O)N(c3ccc(Br)cc3)C2=O)c1. The number of halogens is 1. The Morgan fingerprint density at radius 2 is 1.90 bits per heavy atom. The normalized spacial score (nSPS) is 16.2. The van der Waals surface area contributed by atoms with Gasteiger partial charge in [0.2, 0.25) is 5.91 Å². The number of benzene rings is 2. The van der Waals surface area contributed by atoms with Gasteiger partial charge in [-0.25, -0.2) is 4.90 Å². The van der Waals surface area contributed by atoms with Crippen LogP contribution in [0.5, 0.6) is 0 Å². The van der Waals surface area contributed by atoms with Crippen molar-refractivity contribution in [3.63, 3.8) is 0 Å². The third-order valence-electron chi connectivity index (χ3n) is 5.02. The number of carbonyl (C=O) groups is 3. The minimum absolute atomic E-state index is 0.0299. The van der Waals surface area contributed by atoms with Gasteiger partial charge in [0.15, 0.2) is 0 Å². The second-order valence-electron chi connectivity index (χ2n) is 7.15. The summed E-state index contributed by atoms with van der Waals surface area (Å²) in [4.78, 5) is 43.1. The van der Waals surface area contributed by atoms with Crippen molar-refractivity contribution < 1.29 is 14.4 Å². The molecular weight excluding hydrogens is 464 g/mol. The van der Waals surface area contributed by atoms with Gasteiger partial charge in [-0.15, -0.1) is 11.3 Å². The molecule has 1 aromatic heterocycles. The summed E-state index contributed by atoms with van der Waals surface area (Å²) in [5.74, 6) is -0.934. The molecule has 0 N–H and O–H groups in total. The zero-order valence-corrected chi connectivity index (χ0v) is 18.7. The summed E-state index contributed by atoms with van der Waals surface area (Å²) in [6.07, 6.45) is -0.0299. The molecule has 0 bridgehead atoms. The van der Waals surface area contributed by atoms with E-state index in [0.29, 0.717) is 11.3 Å². The van der Waals surface area contributed by atoms with Gasteiger partial charge in [-0.3, -0.25) is 14.4 Å². The number of anilines is 1. The Labute approximate surface area is 187 Å². The average Bonchev–Trinajstić information content (AvgIpc) is 3.34. The number of hydrogen-bond acceptors (Lipinski definition) is 4. The molecule has 1 atom stereocenters. The molecule has 1 unspecified atom stereocenters. The molecule has 0 aliphatic carbocycles. The molecule has 0 spiro atoms. The molecule has 1 fully saturated rings. The molecule has 1 aliphatic heterocycles. The Kier molecular flexibility index (Phi) is 5.83. The van der Waals surface area contributed by atoms with Gasteiger partial charge in [0.1, 0.15) is 6.04 Å². The number of imide groups is 1. The van der Waals surface area contributed by atoms with Gasteiger partial charge >= 0.3 is 0 Å². The first-order valence-corrected chi connectivity index (χ1v) is 11.1. The molecular formula is C23H19BrN2O3S. The van der Waals surface area contributed by atoms with Gasteiger partial charge in [-0.2, -0.15) is 0 Å². The molecule has 1 saturated heterocycles. The van der Waals surface area contributed by atoms with Gasteiger partial charge in [0.25, 0.3) is 11.8 Å². The van der Waals surface area contributed by atoms with E-state index in [1.54, 1.807) is 36.4 Å². The van der Waals surface area contributed by atoms with Crippen LogP contribution in [0.15, 0.2) is 70.5 Å². The number of hydrogen-bond donors (Lipinski definition) is 0. The third-order valence-corrected chi connectivity index (χ3v) is 6.41. The fraction of sp³-hybridized carbons (Fsp3) is 0.174. The maximum Gasteiger partial charge on any atom is 0.257 e. The lowest BCUT2D eigenvalue weighted by atomic mass is 10.1. The predicted octanol–water partition coefficient (Wildman–Crippen LogP) is 4.79. The number of aryl methyl sites for hydroxylation is 1. The number of rotatable bonds is 5.